The molecule has 0 fully saturated rings. The first-order chi connectivity index (χ1) is 16.3. The van der Waals surface area contributed by atoms with Crippen LogP contribution in [0.4, 0.5) is 0 Å². The lowest BCUT2D eigenvalue weighted by Gasteiger charge is -2.32. The zero-order chi connectivity index (χ0) is 22.9. The molecule has 0 aliphatic rings. The van der Waals surface area contributed by atoms with Crippen molar-refractivity contribution in [1.29, 1.82) is 0 Å². The Hall–Kier alpha value is -3.26. The molecule has 0 aliphatic carbocycles. The van der Waals surface area contributed by atoms with Gasteiger partial charge in [-0.2, -0.15) is 0 Å². The first-order valence-corrected chi connectivity index (χ1v) is 13.0. The fraction of sp³-hybridized carbons (Fsp3) is 0.138. The number of benzene rings is 4. The van der Waals surface area contributed by atoms with Gasteiger partial charge in [-0.25, -0.2) is 4.79 Å². The molecule has 0 aliphatic heterocycles. The zero-order valence-corrected chi connectivity index (χ0v) is 19.6. The van der Waals surface area contributed by atoms with Crippen molar-refractivity contribution < 1.29 is 14.3 Å². The molecule has 1 atom stereocenters. The fourth-order valence-electron chi connectivity index (χ4n) is 4.14. The molecule has 33 heavy (non-hydrogen) atoms. The smallest absolute Gasteiger partial charge is 0.376 e. The van der Waals surface area contributed by atoms with Crippen LogP contribution in [-0.2, 0) is 20.9 Å². The van der Waals surface area contributed by atoms with Gasteiger partial charge in [-0.05, 0) is 48.9 Å². The van der Waals surface area contributed by atoms with Gasteiger partial charge >= 0.3 is 5.97 Å². The van der Waals surface area contributed by atoms with Gasteiger partial charge in [-0.15, -0.1) is 0 Å². The topological polar surface area (TPSA) is 35.5 Å². The van der Waals surface area contributed by atoms with E-state index in [1.54, 1.807) is 0 Å². The fourth-order valence-corrected chi connectivity index (χ4v) is 8.54. The average Bonchev–Trinajstić information content (AvgIpc) is 2.90. The van der Waals surface area contributed by atoms with Gasteiger partial charge in [0.1, 0.15) is 22.5 Å². The Bertz CT molecular complexity index is 1040. The molecule has 0 heterocycles. The number of carbonyl (C=O) groups excluding carboxylic acids is 1. The van der Waals surface area contributed by atoms with Crippen molar-refractivity contribution in [2.24, 2.45) is 0 Å². The van der Waals surface area contributed by atoms with Gasteiger partial charge in [-0.1, -0.05) is 84.9 Å². The lowest BCUT2D eigenvalue weighted by molar-refractivity contribution is -0.152. The number of rotatable bonds is 9. The minimum absolute atomic E-state index is 0.210. The number of hydrogen-bond donors (Lipinski definition) is 0. The number of ether oxygens (including phenoxy) is 2. The molecule has 3 nitrogen and oxygen atoms in total. The van der Waals surface area contributed by atoms with Gasteiger partial charge < -0.3 is 9.47 Å². The quantitative estimate of drug-likeness (QED) is 0.261. The highest BCUT2D eigenvalue weighted by molar-refractivity contribution is 7.96. The summed E-state index contributed by atoms with van der Waals surface area (Å²) in [7, 11) is -2.55. The van der Waals surface area contributed by atoms with Crippen molar-refractivity contribution in [3.8, 4) is 0 Å². The van der Waals surface area contributed by atoms with Crippen LogP contribution in [0.5, 0.6) is 0 Å². The minimum Gasteiger partial charge on any atom is -0.456 e. The van der Waals surface area contributed by atoms with E-state index >= 15 is 0 Å². The number of hydrogen-bond acceptors (Lipinski definition) is 3. The van der Waals surface area contributed by atoms with E-state index in [9.17, 15) is 4.79 Å². The van der Waals surface area contributed by atoms with E-state index in [0.717, 1.165) is 21.5 Å². The summed E-state index contributed by atoms with van der Waals surface area (Å²) in [6.07, 6.45) is 0. The van der Waals surface area contributed by atoms with Crippen molar-refractivity contribution in [2.75, 3.05) is 6.61 Å². The van der Waals surface area contributed by atoms with Gasteiger partial charge in [0, 0.05) is 6.61 Å². The standard InChI is InChI=1S/C29H28O3P/c1-2-31-29(28(30)32-23-24-15-7-3-8-16-24)33(25-17-9-4-10-18-25,26-19-11-5-12-20-26)27-21-13-6-14-22-27/h3-22,29H,2,23H2,1H3/q+1. The molecule has 0 saturated carbocycles. The molecule has 4 rings (SSSR count). The average molecular weight is 456 g/mol. The second kappa shape index (κ2) is 11.0. The first kappa shape index (κ1) is 22.9. The largest absolute Gasteiger partial charge is 0.456 e. The molecule has 0 saturated heterocycles. The van der Waals surface area contributed by atoms with Crippen LogP contribution in [0.3, 0.4) is 0 Å². The lowest BCUT2D eigenvalue weighted by Crippen LogP contribution is -2.44. The highest BCUT2D eigenvalue weighted by atomic mass is 31.2. The Kier molecular flexibility index (Phi) is 7.67. The molecule has 4 heteroatoms. The van der Waals surface area contributed by atoms with E-state index in [1.165, 1.54) is 0 Å². The summed E-state index contributed by atoms with van der Waals surface area (Å²) in [6, 6.07) is 40.5. The summed E-state index contributed by atoms with van der Waals surface area (Å²) in [5.74, 6) is -1.11. The Morgan fingerprint density at radius 3 is 1.45 bits per heavy atom. The Morgan fingerprint density at radius 1 is 0.667 bits per heavy atom. The monoisotopic (exact) mass is 455 g/mol. The maximum absolute atomic E-state index is 13.8. The molecule has 0 bridgehead atoms. The Morgan fingerprint density at radius 2 is 1.06 bits per heavy atom. The first-order valence-electron chi connectivity index (χ1n) is 11.1. The van der Waals surface area contributed by atoms with Gasteiger partial charge in [-0.3, -0.25) is 0 Å². The van der Waals surface area contributed by atoms with Crippen LogP contribution in [-0.4, -0.2) is 18.4 Å². The Balaban J connectivity index is 1.88. The van der Waals surface area contributed by atoms with E-state index in [4.69, 9.17) is 9.47 Å². The Labute approximate surface area is 196 Å². The molecular weight excluding hydrogens is 427 g/mol. The van der Waals surface area contributed by atoms with Crippen molar-refractivity contribution >= 4 is 29.1 Å². The summed E-state index contributed by atoms with van der Waals surface area (Å²) in [4.78, 5) is 13.8. The highest BCUT2D eigenvalue weighted by Crippen LogP contribution is 2.60. The van der Waals surface area contributed by atoms with Crippen LogP contribution in [0, 0.1) is 0 Å². The SMILES string of the molecule is CCOC(C(=O)OCc1ccccc1)[P+](c1ccccc1)(c1ccccc1)c1ccccc1. The maximum atomic E-state index is 13.8. The van der Waals surface area contributed by atoms with Gasteiger partial charge in [0.15, 0.2) is 7.26 Å². The second-order valence-electron chi connectivity index (χ2n) is 7.63. The molecule has 166 valence electrons. The van der Waals surface area contributed by atoms with Crippen LogP contribution in [0.15, 0.2) is 121 Å². The lowest BCUT2D eigenvalue weighted by atomic mass is 10.2. The van der Waals surface area contributed by atoms with Crippen molar-refractivity contribution in [3.63, 3.8) is 0 Å². The predicted molar refractivity (Wildman–Crippen MR) is 137 cm³/mol. The normalized spacial score (nSPS) is 12.2. The highest BCUT2D eigenvalue weighted by Gasteiger charge is 2.57. The van der Waals surface area contributed by atoms with E-state index in [2.05, 4.69) is 36.4 Å². The molecular formula is C29H28O3P+. The number of esters is 1. The molecule has 0 amide bonds. The van der Waals surface area contributed by atoms with Crippen LogP contribution in [0.25, 0.3) is 0 Å². The number of carbonyl (C=O) groups is 1. The van der Waals surface area contributed by atoms with E-state index in [0.29, 0.717) is 6.61 Å². The summed E-state index contributed by atoms with van der Waals surface area (Å²) in [5.41, 5.74) is 0.948. The summed E-state index contributed by atoms with van der Waals surface area (Å²) in [5, 5.41) is 3.24. The molecule has 4 aromatic carbocycles. The van der Waals surface area contributed by atoms with Crippen molar-refractivity contribution in [3.05, 3.63) is 127 Å². The van der Waals surface area contributed by atoms with Crippen LogP contribution in [0.1, 0.15) is 12.5 Å². The summed E-state index contributed by atoms with van der Waals surface area (Å²) in [6.45, 7) is 2.54. The van der Waals surface area contributed by atoms with Crippen LogP contribution < -0.4 is 15.9 Å². The maximum Gasteiger partial charge on any atom is 0.376 e. The van der Waals surface area contributed by atoms with Crippen LogP contribution >= 0.6 is 7.26 Å². The van der Waals surface area contributed by atoms with E-state index in [1.807, 2.05) is 91.9 Å². The second-order valence-corrected chi connectivity index (χ2v) is 11.1. The van der Waals surface area contributed by atoms with Gasteiger partial charge in [0.25, 0.3) is 5.85 Å². The van der Waals surface area contributed by atoms with Crippen LogP contribution in [0.2, 0.25) is 0 Å². The molecule has 0 N–H and O–H groups in total. The molecule has 0 spiro atoms. The van der Waals surface area contributed by atoms with E-state index in [-0.39, 0.29) is 12.6 Å². The molecule has 1 unspecified atom stereocenters. The zero-order valence-electron chi connectivity index (χ0n) is 18.7. The van der Waals surface area contributed by atoms with Gasteiger partial charge in [0.2, 0.25) is 0 Å². The van der Waals surface area contributed by atoms with E-state index < -0.39 is 13.1 Å². The van der Waals surface area contributed by atoms with Crippen molar-refractivity contribution in [1.82, 2.24) is 0 Å². The minimum atomic E-state index is -2.55. The molecule has 0 aromatic heterocycles. The molecule has 4 aromatic rings. The third-order valence-corrected chi connectivity index (χ3v) is 9.99. The third-order valence-electron chi connectivity index (χ3n) is 5.59. The summed E-state index contributed by atoms with van der Waals surface area (Å²) >= 11 is 0. The van der Waals surface area contributed by atoms with Crippen molar-refractivity contribution in [2.45, 2.75) is 19.4 Å². The predicted octanol–water partition coefficient (Wildman–Crippen LogP) is 5.09. The van der Waals surface area contributed by atoms with Gasteiger partial charge in [0.05, 0.1) is 0 Å². The summed E-state index contributed by atoms with van der Waals surface area (Å²) < 4.78 is 12.2. The third kappa shape index (κ3) is 4.90. The molecule has 0 radical (unpaired) electrons.